The number of nitrogens with one attached hydrogen (secondary N) is 1. The maximum atomic E-state index is 12.4. The topological polar surface area (TPSA) is 42.0 Å². The van der Waals surface area contributed by atoms with Crippen molar-refractivity contribution in [2.45, 2.75) is 32.2 Å². The minimum Gasteiger partial charge on any atom is -0.325 e. The van der Waals surface area contributed by atoms with Crippen LogP contribution in [0.3, 0.4) is 0 Å². The molecule has 0 saturated carbocycles. The number of carbonyl (C=O) groups excluding carboxylic acids is 1. The number of hydrogen-bond acceptors (Lipinski definition) is 3. The van der Waals surface area contributed by atoms with Crippen LogP contribution in [0.15, 0.2) is 53.6 Å². The zero-order chi connectivity index (χ0) is 17.8. The van der Waals surface area contributed by atoms with Gasteiger partial charge in [-0.1, -0.05) is 55.1 Å². The summed E-state index contributed by atoms with van der Waals surface area (Å²) in [6.45, 7) is 6.20. The molecule has 0 aliphatic rings. The van der Waals surface area contributed by atoms with Crippen molar-refractivity contribution < 1.29 is 4.79 Å². The average molecular weight is 350 g/mol. The summed E-state index contributed by atoms with van der Waals surface area (Å²) in [6, 6.07) is 16.2. The van der Waals surface area contributed by atoms with E-state index in [2.05, 4.69) is 36.3 Å². The van der Waals surface area contributed by atoms with Crippen LogP contribution in [0.25, 0.3) is 10.9 Å². The largest absolute Gasteiger partial charge is 0.325 e. The van der Waals surface area contributed by atoms with Crippen molar-refractivity contribution in [2.75, 3.05) is 11.1 Å². The normalized spacial score (nSPS) is 10.8. The van der Waals surface area contributed by atoms with Gasteiger partial charge in [0.2, 0.25) is 5.91 Å². The Labute approximate surface area is 152 Å². The van der Waals surface area contributed by atoms with Crippen LogP contribution in [0, 0.1) is 13.8 Å². The minimum absolute atomic E-state index is 0.00149. The number of nitrogens with zero attached hydrogens (tertiary/aromatic N) is 1. The van der Waals surface area contributed by atoms with Crippen molar-refractivity contribution in [3.8, 4) is 0 Å². The molecular formula is C21H22N2OS. The van der Waals surface area contributed by atoms with Crippen LogP contribution < -0.4 is 5.32 Å². The molecule has 0 aliphatic carbocycles. The fraction of sp³-hybridized carbons (Fsp3) is 0.238. The zero-order valence-electron chi connectivity index (χ0n) is 14.8. The molecule has 1 amide bonds. The summed E-state index contributed by atoms with van der Waals surface area (Å²) in [5, 5.41) is 5.10. The summed E-state index contributed by atoms with van der Waals surface area (Å²) in [5.74, 6) is 0.351. The molecule has 3 nitrogen and oxygen atoms in total. The Morgan fingerprint density at radius 2 is 1.88 bits per heavy atom. The number of thioether (sulfide) groups is 1. The number of anilines is 1. The van der Waals surface area contributed by atoms with Gasteiger partial charge in [0.1, 0.15) is 0 Å². The molecule has 1 aromatic heterocycles. The predicted molar refractivity (Wildman–Crippen MR) is 106 cm³/mol. The Morgan fingerprint density at radius 1 is 1.08 bits per heavy atom. The monoisotopic (exact) mass is 350 g/mol. The number of amides is 1. The highest BCUT2D eigenvalue weighted by Crippen LogP contribution is 2.25. The Balaban J connectivity index is 1.71. The highest BCUT2D eigenvalue weighted by atomic mass is 32.2. The zero-order valence-corrected chi connectivity index (χ0v) is 15.6. The molecule has 0 spiro atoms. The lowest BCUT2D eigenvalue weighted by Crippen LogP contribution is -2.16. The molecule has 25 heavy (non-hydrogen) atoms. The van der Waals surface area contributed by atoms with Crippen LogP contribution in [0.2, 0.25) is 0 Å². The standard InChI is InChI=1S/C21H22N2OS/c1-4-16-9-7-8-14(2)21(16)23-19(24)13-25-20-12-15(3)17-10-5-6-11-18(17)22-20/h5-12H,4,13H2,1-3H3,(H,23,24). The summed E-state index contributed by atoms with van der Waals surface area (Å²) >= 11 is 1.47. The van der Waals surface area contributed by atoms with E-state index >= 15 is 0 Å². The number of aromatic nitrogens is 1. The van der Waals surface area contributed by atoms with Crippen LogP contribution in [-0.4, -0.2) is 16.6 Å². The molecule has 0 radical (unpaired) electrons. The Kier molecular flexibility index (Phi) is 5.39. The van der Waals surface area contributed by atoms with Gasteiger partial charge in [-0.05, 0) is 49.1 Å². The third-order valence-electron chi connectivity index (χ3n) is 4.26. The van der Waals surface area contributed by atoms with E-state index in [0.29, 0.717) is 5.75 Å². The maximum absolute atomic E-state index is 12.4. The second kappa shape index (κ2) is 7.70. The van der Waals surface area contributed by atoms with Gasteiger partial charge in [0.25, 0.3) is 0 Å². The third kappa shape index (κ3) is 4.02. The molecule has 0 aliphatic heterocycles. The summed E-state index contributed by atoms with van der Waals surface area (Å²) in [6.07, 6.45) is 0.899. The van der Waals surface area contributed by atoms with Gasteiger partial charge >= 0.3 is 0 Å². The third-order valence-corrected chi connectivity index (χ3v) is 5.17. The first kappa shape index (κ1) is 17.5. The molecular weight excluding hydrogens is 328 g/mol. The van der Waals surface area contributed by atoms with Gasteiger partial charge in [-0.15, -0.1) is 0 Å². The summed E-state index contributed by atoms with van der Waals surface area (Å²) in [4.78, 5) is 17.0. The van der Waals surface area contributed by atoms with Crippen molar-refractivity contribution in [1.29, 1.82) is 0 Å². The van der Waals surface area contributed by atoms with Crippen LogP contribution in [0.5, 0.6) is 0 Å². The molecule has 128 valence electrons. The minimum atomic E-state index is 0.00149. The van der Waals surface area contributed by atoms with E-state index < -0.39 is 0 Å². The molecule has 1 N–H and O–H groups in total. The van der Waals surface area contributed by atoms with Gasteiger partial charge < -0.3 is 5.32 Å². The van der Waals surface area contributed by atoms with E-state index in [1.807, 2.05) is 43.3 Å². The molecule has 0 unspecified atom stereocenters. The van der Waals surface area contributed by atoms with Gasteiger partial charge in [0, 0.05) is 11.1 Å². The lowest BCUT2D eigenvalue weighted by atomic mass is 10.1. The molecule has 0 saturated heterocycles. The first-order valence-electron chi connectivity index (χ1n) is 8.46. The van der Waals surface area contributed by atoms with E-state index in [9.17, 15) is 4.79 Å². The molecule has 3 aromatic rings. The Bertz CT molecular complexity index is 921. The number of para-hydroxylation sites is 2. The second-order valence-corrected chi connectivity index (χ2v) is 7.09. The molecule has 0 bridgehead atoms. The number of carbonyl (C=O) groups is 1. The molecule has 0 fully saturated rings. The lowest BCUT2D eigenvalue weighted by molar-refractivity contribution is -0.113. The number of rotatable bonds is 5. The second-order valence-electron chi connectivity index (χ2n) is 6.09. The van der Waals surface area contributed by atoms with Crippen molar-refractivity contribution in [2.24, 2.45) is 0 Å². The van der Waals surface area contributed by atoms with Crippen LogP contribution in [-0.2, 0) is 11.2 Å². The van der Waals surface area contributed by atoms with Crippen molar-refractivity contribution >= 4 is 34.3 Å². The molecule has 4 heteroatoms. The van der Waals surface area contributed by atoms with Crippen molar-refractivity contribution in [1.82, 2.24) is 4.98 Å². The van der Waals surface area contributed by atoms with Gasteiger partial charge in [-0.2, -0.15) is 0 Å². The van der Waals surface area contributed by atoms with Crippen LogP contribution in [0.4, 0.5) is 5.69 Å². The van der Waals surface area contributed by atoms with E-state index in [1.165, 1.54) is 17.3 Å². The highest BCUT2D eigenvalue weighted by molar-refractivity contribution is 7.99. The smallest absolute Gasteiger partial charge is 0.234 e. The van der Waals surface area contributed by atoms with E-state index in [4.69, 9.17) is 0 Å². The predicted octanol–water partition coefficient (Wildman–Crippen LogP) is 5.14. The molecule has 1 heterocycles. The highest BCUT2D eigenvalue weighted by Gasteiger charge is 2.10. The SMILES string of the molecule is CCc1cccc(C)c1NC(=O)CSc1cc(C)c2ccccc2n1. The first-order valence-corrected chi connectivity index (χ1v) is 9.44. The van der Waals surface area contributed by atoms with Crippen molar-refractivity contribution in [3.63, 3.8) is 0 Å². The first-order chi connectivity index (χ1) is 12.1. The van der Waals surface area contributed by atoms with E-state index in [0.717, 1.165) is 39.2 Å². The fourth-order valence-corrected chi connectivity index (χ4v) is 3.68. The number of benzene rings is 2. The molecule has 0 atom stereocenters. The summed E-state index contributed by atoms with van der Waals surface area (Å²) < 4.78 is 0. The number of hydrogen-bond donors (Lipinski definition) is 1. The Hall–Kier alpha value is -2.33. The van der Waals surface area contributed by atoms with Gasteiger partial charge in [-0.25, -0.2) is 4.98 Å². The lowest BCUT2D eigenvalue weighted by Gasteiger charge is -2.13. The van der Waals surface area contributed by atoms with Crippen molar-refractivity contribution in [3.05, 3.63) is 65.2 Å². The Morgan fingerprint density at radius 3 is 2.68 bits per heavy atom. The number of pyridine rings is 1. The van der Waals surface area contributed by atoms with Crippen LogP contribution in [0.1, 0.15) is 23.6 Å². The number of aryl methyl sites for hydroxylation is 3. The fourth-order valence-electron chi connectivity index (χ4n) is 2.91. The maximum Gasteiger partial charge on any atom is 0.234 e. The van der Waals surface area contributed by atoms with E-state index in [-0.39, 0.29) is 5.91 Å². The van der Waals surface area contributed by atoms with Gasteiger partial charge in [-0.3, -0.25) is 4.79 Å². The quantitative estimate of drug-likeness (QED) is 0.648. The molecule has 3 rings (SSSR count). The summed E-state index contributed by atoms with van der Waals surface area (Å²) in [5.41, 5.74) is 5.35. The van der Waals surface area contributed by atoms with Crippen LogP contribution >= 0.6 is 11.8 Å². The van der Waals surface area contributed by atoms with Gasteiger partial charge in [0.15, 0.2) is 0 Å². The van der Waals surface area contributed by atoms with Gasteiger partial charge in [0.05, 0.1) is 16.3 Å². The average Bonchev–Trinajstić information content (AvgIpc) is 2.62. The summed E-state index contributed by atoms with van der Waals surface area (Å²) in [7, 11) is 0. The number of fused-ring (bicyclic) bond motifs is 1. The van der Waals surface area contributed by atoms with E-state index in [1.54, 1.807) is 0 Å². The molecule has 2 aromatic carbocycles.